The molecule has 0 radical (unpaired) electrons. The molecule has 16 nitrogen and oxygen atoms in total. The number of nitrogens with zero attached hydrogens (tertiary/aromatic N) is 7. The van der Waals surface area contributed by atoms with Gasteiger partial charge in [0.25, 0.3) is 0 Å². The van der Waals surface area contributed by atoms with Crippen LogP contribution in [0.2, 0.25) is 0 Å². The molecule has 6 heterocycles. The van der Waals surface area contributed by atoms with Gasteiger partial charge in [-0.2, -0.15) is 4.98 Å². The third-order valence-electron chi connectivity index (χ3n) is 14.6. The molecular weight excluding hydrogens is 799 g/mol. The van der Waals surface area contributed by atoms with Crippen LogP contribution in [0.25, 0.3) is 11.0 Å². The van der Waals surface area contributed by atoms with Crippen molar-refractivity contribution < 1.29 is 27.6 Å². The lowest BCUT2D eigenvalue weighted by Crippen LogP contribution is -2.47. The predicted octanol–water partition coefficient (Wildman–Crippen LogP) is 4.06. The number of aryl methyl sites for hydroxylation is 2. The number of hydrogen-bond acceptors (Lipinski definition) is 10. The third-order valence-corrected chi connectivity index (χ3v) is 17.0. The average molecular weight is 858 g/mol. The molecule has 0 bridgehead atoms. The first-order chi connectivity index (χ1) is 29.4. The van der Waals surface area contributed by atoms with Crippen molar-refractivity contribution in [2.75, 3.05) is 36.4 Å². The Hall–Kier alpha value is -4.64. The molecule has 9 rings (SSSR count). The van der Waals surface area contributed by atoms with Crippen LogP contribution in [-0.4, -0.2) is 104 Å². The summed E-state index contributed by atoms with van der Waals surface area (Å²) in [5, 5.41) is 5.22. The molecule has 4 unspecified atom stereocenters. The summed E-state index contributed by atoms with van der Waals surface area (Å²) >= 11 is 0. The van der Waals surface area contributed by atoms with Gasteiger partial charge in [-0.3, -0.25) is 38.5 Å². The lowest BCUT2D eigenvalue weighted by atomic mass is 10.0. The minimum absolute atomic E-state index is 0.0123. The lowest BCUT2D eigenvalue weighted by molar-refractivity contribution is -0.136. The molecule has 61 heavy (non-hydrogen) atoms. The molecule has 6 aliphatic rings. The quantitative estimate of drug-likeness (QED) is 0.177. The number of unbranched alkanes of at least 4 members (excludes halogenated alkanes) is 4. The number of para-hydroxylation sites is 1. The van der Waals surface area contributed by atoms with Crippen molar-refractivity contribution in [2.24, 2.45) is 13.0 Å². The number of nitrogens with one attached hydrogen (secondary N) is 2. The van der Waals surface area contributed by atoms with Crippen LogP contribution in [0.3, 0.4) is 0 Å². The first kappa shape index (κ1) is 41.7. The zero-order valence-corrected chi connectivity index (χ0v) is 36.3. The fourth-order valence-electron chi connectivity index (χ4n) is 10.9. The van der Waals surface area contributed by atoms with Gasteiger partial charge in [0.15, 0.2) is 0 Å². The second-order valence-corrected chi connectivity index (χ2v) is 20.7. The van der Waals surface area contributed by atoms with E-state index in [1.165, 1.54) is 4.57 Å². The first-order valence-corrected chi connectivity index (χ1v) is 24.1. The Kier molecular flexibility index (Phi) is 11.3. The molecule has 3 saturated heterocycles. The Morgan fingerprint density at radius 2 is 1.72 bits per heavy atom. The van der Waals surface area contributed by atoms with Crippen molar-refractivity contribution in [1.29, 1.82) is 0 Å². The highest BCUT2D eigenvalue weighted by Gasteiger charge is 2.62. The molecular formula is C44H59N9O7S. The summed E-state index contributed by atoms with van der Waals surface area (Å²) in [5.74, 6) is 1.13. The highest BCUT2D eigenvalue weighted by molar-refractivity contribution is 7.89. The van der Waals surface area contributed by atoms with Crippen molar-refractivity contribution in [2.45, 2.75) is 145 Å². The predicted molar refractivity (Wildman–Crippen MR) is 229 cm³/mol. The fourth-order valence-corrected chi connectivity index (χ4v) is 12.8. The summed E-state index contributed by atoms with van der Waals surface area (Å²) in [5.41, 5.74) is 2.80. The van der Waals surface area contributed by atoms with E-state index in [1.54, 1.807) is 20.8 Å². The number of amides is 4. The number of anilines is 2. The second kappa shape index (κ2) is 16.6. The van der Waals surface area contributed by atoms with Gasteiger partial charge in [-0.15, -0.1) is 0 Å². The molecule has 4 amide bonds. The van der Waals surface area contributed by atoms with Crippen LogP contribution in [0, 0.1) is 5.92 Å². The molecule has 4 atom stereocenters. The van der Waals surface area contributed by atoms with Gasteiger partial charge in [-0.1, -0.05) is 44.7 Å². The Bertz CT molecular complexity index is 2400. The van der Waals surface area contributed by atoms with E-state index in [1.807, 2.05) is 29.3 Å². The Morgan fingerprint density at radius 1 is 0.951 bits per heavy atom. The first-order valence-electron chi connectivity index (χ1n) is 22.6. The molecule has 3 aromatic rings. The molecule has 5 fully saturated rings. The minimum atomic E-state index is -3.57. The number of benzene rings is 1. The van der Waals surface area contributed by atoms with E-state index >= 15 is 0 Å². The van der Waals surface area contributed by atoms with Crippen LogP contribution in [0.4, 0.5) is 11.8 Å². The molecule has 2 saturated carbocycles. The monoisotopic (exact) mass is 857 g/mol. The number of fused-ring (bicyclic) bond motifs is 3. The van der Waals surface area contributed by atoms with E-state index in [0.717, 1.165) is 93.1 Å². The number of carbonyl (C=O) groups is 4. The Morgan fingerprint density at radius 3 is 2.46 bits per heavy atom. The summed E-state index contributed by atoms with van der Waals surface area (Å²) in [6, 6.07) is 5.25. The highest BCUT2D eigenvalue weighted by Crippen LogP contribution is 2.58. The maximum Gasteiger partial charge on any atom is 0.329 e. The van der Waals surface area contributed by atoms with Gasteiger partial charge in [0.2, 0.25) is 39.6 Å². The second-order valence-electron chi connectivity index (χ2n) is 18.5. The normalized spacial score (nSPS) is 25.5. The topological polar surface area (TPSA) is 189 Å². The van der Waals surface area contributed by atoms with Gasteiger partial charge >= 0.3 is 5.69 Å². The summed E-state index contributed by atoms with van der Waals surface area (Å²) in [6.07, 6.45) is 14.6. The van der Waals surface area contributed by atoms with E-state index in [0.29, 0.717) is 69.1 Å². The number of hydrogen-bond donors (Lipinski definition) is 2. The van der Waals surface area contributed by atoms with Gasteiger partial charge in [0.1, 0.15) is 11.9 Å². The number of sulfonamides is 1. The highest BCUT2D eigenvalue weighted by atomic mass is 32.2. The van der Waals surface area contributed by atoms with E-state index in [4.69, 9.17) is 4.98 Å². The van der Waals surface area contributed by atoms with Crippen molar-refractivity contribution >= 4 is 56.5 Å². The van der Waals surface area contributed by atoms with E-state index in [-0.39, 0.29) is 48.5 Å². The van der Waals surface area contributed by atoms with E-state index in [2.05, 4.69) is 22.5 Å². The zero-order chi connectivity index (χ0) is 42.6. The van der Waals surface area contributed by atoms with Crippen molar-refractivity contribution in [3.05, 3.63) is 46.0 Å². The van der Waals surface area contributed by atoms with E-state index in [9.17, 15) is 32.4 Å². The fraction of sp³-hybridized carbons (Fsp3) is 0.659. The largest absolute Gasteiger partial charge is 0.351 e. The Balaban J connectivity index is 0.702. The summed E-state index contributed by atoms with van der Waals surface area (Å²) in [7, 11) is -1.85. The number of likely N-dealkylation sites (tertiary alicyclic amines) is 1. The number of aromatic nitrogens is 4. The van der Waals surface area contributed by atoms with Crippen LogP contribution in [0.1, 0.15) is 127 Å². The van der Waals surface area contributed by atoms with Crippen LogP contribution in [0.15, 0.2) is 29.2 Å². The molecule has 2 aliphatic carbocycles. The summed E-state index contributed by atoms with van der Waals surface area (Å²) in [4.78, 5) is 77.6. The molecule has 2 aromatic heterocycles. The average Bonchev–Trinajstić information content (AvgIpc) is 3.44. The lowest BCUT2D eigenvalue weighted by Gasteiger charge is -2.33. The Labute approximate surface area is 356 Å². The summed E-state index contributed by atoms with van der Waals surface area (Å²) in [6.45, 7) is 3.70. The van der Waals surface area contributed by atoms with Gasteiger partial charge in [-0.25, -0.2) is 22.5 Å². The maximum absolute atomic E-state index is 13.8. The number of rotatable bonds is 14. The van der Waals surface area contributed by atoms with Crippen LogP contribution in [0.5, 0.6) is 0 Å². The van der Waals surface area contributed by atoms with Crippen molar-refractivity contribution in [3.63, 3.8) is 0 Å². The SMILES string of the molecule is CC1CCCC1N1C(=O)C2(CC2)c2cnc(NC3CCN(S(=O)(=O)C4CCN(C(=O)CCCCCCCc5cccc6c5n(C)c(=O)n6C5CCC(=O)NC5=O)C4)CC3)nc21. The number of imidazole rings is 1. The van der Waals surface area contributed by atoms with E-state index < -0.39 is 32.6 Å². The van der Waals surface area contributed by atoms with Crippen molar-refractivity contribution in [3.8, 4) is 0 Å². The zero-order valence-electron chi connectivity index (χ0n) is 35.4. The number of carbonyl (C=O) groups excluding carboxylic acids is 4. The number of piperidine rings is 2. The van der Waals surface area contributed by atoms with Gasteiger partial charge in [-0.05, 0) is 88.2 Å². The van der Waals surface area contributed by atoms with Crippen LogP contribution in [-0.2, 0) is 48.1 Å². The van der Waals surface area contributed by atoms with Crippen molar-refractivity contribution in [1.82, 2.24) is 33.6 Å². The summed E-state index contributed by atoms with van der Waals surface area (Å²) < 4.78 is 32.2. The van der Waals surface area contributed by atoms with Gasteiger partial charge in [0, 0.05) is 69.9 Å². The minimum Gasteiger partial charge on any atom is -0.351 e. The molecule has 2 N–H and O–H groups in total. The van der Waals surface area contributed by atoms with Crippen LogP contribution < -0.4 is 21.2 Å². The number of imide groups is 1. The molecule has 328 valence electrons. The van der Waals surface area contributed by atoms with Gasteiger partial charge < -0.3 is 10.2 Å². The maximum atomic E-state index is 13.8. The van der Waals surface area contributed by atoms with Gasteiger partial charge in [0.05, 0.1) is 21.7 Å². The smallest absolute Gasteiger partial charge is 0.329 e. The molecule has 1 spiro atoms. The standard InChI is InChI=1S/C44H59N9O7S/c1-28-10-8-13-33(28)53-39-32(44(21-22-44)41(53)57)26-45-42(48-39)46-30-18-24-51(25-19-30)61(59,60)31-20-23-50(27-31)37(55)15-7-5-3-4-6-11-29-12-9-14-34-38(29)49(2)43(58)52(34)35-16-17-36(54)47-40(35)56/h9,12,14,26,28,30-31,33,35H,3-8,10-11,13,15-25,27H2,1-2H3,(H,45,46,48)(H,47,54,56). The van der Waals surface area contributed by atoms with Crippen LogP contribution >= 0.6 is 0 Å². The molecule has 4 aliphatic heterocycles. The third kappa shape index (κ3) is 7.67. The molecule has 1 aromatic carbocycles. The molecule has 17 heteroatoms.